The van der Waals surface area contributed by atoms with Gasteiger partial charge in [0.2, 0.25) is 0 Å². The number of rotatable bonds is 6. The number of aliphatic hydroxyl groups excluding tert-OH is 1. The van der Waals surface area contributed by atoms with E-state index in [9.17, 15) is 5.11 Å². The summed E-state index contributed by atoms with van der Waals surface area (Å²) < 4.78 is 0. The third-order valence-electron chi connectivity index (χ3n) is 3.17. The van der Waals surface area contributed by atoms with Crippen LogP contribution < -0.4 is 5.32 Å². The van der Waals surface area contributed by atoms with Gasteiger partial charge in [0.25, 0.3) is 0 Å². The van der Waals surface area contributed by atoms with Gasteiger partial charge in [-0.25, -0.2) is 0 Å². The van der Waals surface area contributed by atoms with Crippen molar-refractivity contribution in [1.29, 1.82) is 0 Å². The molecule has 2 heterocycles. The Morgan fingerprint density at radius 2 is 2.00 bits per heavy atom. The number of aliphatic hydroxyl groups is 1. The van der Waals surface area contributed by atoms with Crippen LogP contribution in [0.3, 0.4) is 0 Å². The topological polar surface area (TPSA) is 32.3 Å². The molecular formula is C15H21NOS2. The zero-order valence-electron chi connectivity index (χ0n) is 11.6. The van der Waals surface area contributed by atoms with Crippen LogP contribution in [0.25, 0.3) is 0 Å². The van der Waals surface area contributed by atoms with Gasteiger partial charge in [-0.1, -0.05) is 6.07 Å². The summed E-state index contributed by atoms with van der Waals surface area (Å²) in [4.78, 5) is 3.75. The molecule has 0 aromatic carbocycles. The Morgan fingerprint density at radius 3 is 2.58 bits per heavy atom. The van der Waals surface area contributed by atoms with E-state index in [-0.39, 0.29) is 12.1 Å². The molecule has 0 radical (unpaired) electrons. The molecule has 0 bridgehead atoms. The first-order valence-corrected chi connectivity index (χ1v) is 8.29. The van der Waals surface area contributed by atoms with E-state index in [0.717, 1.165) is 11.3 Å². The fraction of sp³-hybridized carbons (Fsp3) is 0.467. The predicted octanol–water partition coefficient (Wildman–Crippen LogP) is 4.28. The summed E-state index contributed by atoms with van der Waals surface area (Å²) in [6.45, 7) is 6.44. The van der Waals surface area contributed by atoms with Crippen molar-refractivity contribution in [3.8, 4) is 0 Å². The van der Waals surface area contributed by atoms with Crippen molar-refractivity contribution in [2.45, 2.75) is 45.4 Å². The second kappa shape index (κ2) is 6.66. The molecule has 0 spiro atoms. The summed E-state index contributed by atoms with van der Waals surface area (Å²) in [5.41, 5.74) is 0. The van der Waals surface area contributed by atoms with Crippen molar-refractivity contribution >= 4 is 22.7 Å². The molecule has 2 N–H and O–H groups in total. The average molecular weight is 295 g/mol. The quantitative estimate of drug-likeness (QED) is 0.833. The summed E-state index contributed by atoms with van der Waals surface area (Å²) in [5, 5.41) is 15.7. The maximum Gasteiger partial charge on any atom is 0.0896 e. The molecule has 0 aliphatic heterocycles. The van der Waals surface area contributed by atoms with Gasteiger partial charge in [0.15, 0.2) is 0 Å². The van der Waals surface area contributed by atoms with Gasteiger partial charge in [0.05, 0.1) is 6.10 Å². The molecule has 0 saturated carbocycles. The maximum absolute atomic E-state index is 10.1. The molecule has 2 rings (SSSR count). The van der Waals surface area contributed by atoms with Crippen molar-refractivity contribution in [2.75, 3.05) is 0 Å². The van der Waals surface area contributed by atoms with Crippen LogP contribution in [0.2, 0.25) is 0 Å². The van der Waals surface area contributed by atoms with E-state index in [1.165, 1.54) is 9.75 Å². The van der Waals surface area contributed by atoms with E-state index < -0.39 is 0 Å². The molecule has 104 valence electrons. The lowest BCUT2D eigenvalue weighted by atomic mass is 10.1. The van der Waals surface area contributed by atoms with Gasteiger partial charge in [-0.05, 0) is 50.8 Å². The Hall–Kier alpha value is -0.680. The second-order valence-corrected chi connectivity index (χ2v) is 7.30. The van der Waals surface area contributed by atoms with Gasteiger partial charge in [0.1, 0.15) is 0 Å². The molecule has 4 heteroatoms. The first kappa shape index (κ1) is 14.7. The minimum Gasteiger partial charge on any atom is -0.388 e. The van der Waals surface area contributed by atoms with E-state index in [0.29, 0.717) is 6.04 Å². The number of hydrogen-bond acceptors (Lipinski definition) is 4. The number of aryl methyl sites for hydroxylation is 1. The van der Waals surface area contributed by atoms with E-state index in [1.54, 1.807) is 11.3 Å². The van der Waals surface area contributed by atoms with Gasteiger partial charge in [-0.3, -0.25) is 0 Å². The highest BCUT2D eigenvalue weighted by Crippen LogP contribution is 2.26. The van der Waals surface area contributed by atoms with Crippen molar-refractivity contribution in [3.63, 3.8) is 0 Å². The Kier molecular flexibility index (Phi) is 5.16. The fourth-order valence-electron chi connectivity index (χ4n) is 2.20. The SMILES string of the molecule is Cc1ccc(C(C)NC(C)CC(O)c2cccs2)s1. The largest absolute Gasteiger partial charge is 0.388 e. The molecule has 3 atom stereocenters. The molecule has 2 aromatic heterocycles. The third kappa shape index (κ3) is 4.14. The summed E-state index contributed by atoms with van der Waals surface area (Å²) in [6.07, 6.45) is 0.384. The molecule has 2 aromatic rings. The normalized spacial score (nSPS) is 16.2. The monoisotopic (exact) mass is 295 g/mol. The van der Waals surface area contributed by atoms with Gasteiger partial charge in [-0.15, -0.1) is 22.7 Å². The maximum atomic E-state index is 10.1. The van der Waals surface area contributed by atoms with Crippen LogP contribution in [-0.4, -0.2) is 11.1 Å². The Balaban J connectivity index is 1.85. The van der Waals surface area contributed by atoms with Crippen LogP contribution in [-0.2, 0) is 0 Å². The molecule has 0 aliphatic carbocycles. The smallest absolute Gasteiger partial charge is 0.0896 e. The molecule has 0 amide bonds. The highest BCUT2D eigenvalue weighted by molar-refractivity contribution is 7.12. The summed E-state index contributed by atoms with van der Waals surface area (Å²) in [6, 6.07) is 8.94. The summed E-state index contributed by atoms with van der Waals surface area (Å²) >= 11 is 3.45. The number of nitrogens with one attached hydrogen (secondary N) is 1. The van der Waals surface area contributed by atoms with Crippen LogP contribution in [0.15, 0.2) is 29.6 Å². The molecule has 0 saturated heterocycles. The van der Waals surface area contributed by atoms with E-state index in [4.69, 9.17) is 0 Å². The highest BCUT2D eigenvalue weighted by atomic mass is 32.1. The number of hydrogen-bond donors (Lipinski definition) is 2. The molecule has 19 heavy (non-hydrogen) atoms. The van der Waals surface area contributed by atoms with Crippen molar-refractivity contribution in [3.05, 3.63) is 44.3 Å². The third-order valence-corrected chi connectivity index (χ3v) is 5.33. The molecule has 0 fully saturated rings. The second-order valence-electron chi connectivity index (χ2n) is 5.00. The van der Waals surface area contributed by atoms with E-state index >= 15 is 0 Å². The van der Waals surface area contributed by atoms with Crippen LogP contribution in [0.5, 0.6) is 0 Å². The van der Waals surface area contributed by atoms with Crippen molar-refractivity contribution in [2.24, 2.45) is 0 Å². The lowest BCUT2D eigenvalue weighted by molar-refractivity contribution is 0.155. The lowest BCUT2D eigenvalue weighted by Gasteiger charge is -2.21. The molecule has 3 unspecified atom stereocenters. The zero-order chi connectivity index (χ0) is 13.8. The Bertz CT molecular complexity index is 492. The minimum atomic E-state index is -0.361. The van der Waals surface area contributed by atoms with Gasteiger partial charge in [-0.2, -0.15) is 0 Å². The van der Waals surface area contributed by atoms with E-state index in [1.807, 2.05) is 28.8 Å². The predicted molar refractivity (Wildman–Crippen MR) is 84.0 cm³/mol. The van der Waals surface area contributed by atoms with Crippen LogP contribution in [0.1, 0.15) is 47.0 Å². The first-order chi connectivity index (χ1) is 9.06. The van der Waals surface area contributed by atoms with Crippen LogP contribution >= 0.6 is 22.7 Å². The molecular weight excluding hydrogens is 274 g/mol. The van der Waals surface area contributed by atoms with Gasteiger partial charge >= 0.3 is 0 Å². The lowest BCUT2D eigenvalue weighted by Crippen LogP contribution is -2.30. The van der Waals surface area contributed by atoms with E-state index in [2.05, 4.69) is 38.2 Å². The Morgan fingerprint density at radius 1 is 1.21 bits per heavy atom. The van der Waals surface area contributed by atoms with Gasteiger partial charge in [0, 0.05) is 26.7 Å². The molecule has 2 nitrogen and oxygen atoms in total. The molecule has 0 aliphatic rings. The Labute approximate surface area is 123 Å². The van der Waals surface area contributed by atoms with Crippen LogP contribution in [0, 0.1) is 6.92 Å². The summed E-state index contributed by atoms with van der Waals surface area (Å²) in [7, 11) is 0. The standard InChI is InChI=1S/C15H21NOS2/c1-10(9-13(17)15-5-4-8-18-15)16-12(3)14-7-6-11(2)19-14/h4-8,10,12-13,16-17H,9H2,1-3H3. The summed E-state index contributed by atoms with van der Waals surface area (Å²) in [5.74, 6) is 0. The van der Waals surface area contributed by atoms with Crippen molar-refractivity contribution in [1.82, 2.24) is 5.32 Å². The fourth-order valence-corrected chi connectivity index (χ4v) is 3.81. The van der Waals surface area contributed by atoms with Crippen molar-refractivity contribution < 1.29 is 5.11 Å². The minimum absolute atomic E-state index is 0.287. The van der Waals surface area contributed by atoms with Gasteiger partial charge < -0.3 is 10.4 Å². The first-order valence-electron chi connectivity index (χ1n) is 6.60. The number of thiophene rings is 2. The average Bonchev–Trinajstić information content (AvgIpc) is 2.98. The van der Waals surface area contributed by atoms with Crippen LogP contribution in [0.4, 0.5) is 0 Å². The zero-order valence-corrected chi connectivity index (χ0v) is 13.2. The highest BCUT2D eigenvalue weighted by Gasteiger charge is 2.16.